The van der Waals surface area contributed by atoms with Crippen molar-refractivity contribution in [3.05, 3.63) is 41.4 Å². The van der Waals surface area contributed by atoms with E-state index in [1.807, 2.05) is 11.0 Å². The van der Waals surface area contributed by atoms with Gasteiger partial charge >= 0.3 is 0 Å². The van der Waals surface area contributed by atoms with E-state index >= 15 is 0 Å². The molecule has 144 valence electrons. The fourth-order valence-electron chi connectivity index (χ4n) is 3.21. The molecule has 8 nitrogen and oxygen atoms in total. The van der Waals surface area contributed by atoms with Gasteiger partial charge in [0.05, 0.1) is 23.7 Å². The quantitative estimate of drug-likeness (QED) is 0.765. The van der Waals surface area contributed by atoms with E-state index in [1.54, 1.807) is 18.3 Å². The summed E-state index contributed by atoms with van der Waals surface area (Å²) in [6.45, 7) is 3.75. The highest BCUT2D eigenvalue weighted by molar-refractivity contribution is 5.94. The summed E-state index contributed by atoms with van der Waals surface area (Å²) in [5, 5.41) is 6.77. The first-order valence-electron chi connectivity index (χ1n) is 9.29. The largest absolute Gasteiger partial charge is 0.369 e. The Hall–Kier alpha value is -2.90. The average molecular weight is 371 g/mol. The molecule has 2 amide bonds. The van der Waals surface area contributed by atoms with Crippen molar-refractivity contribution in [3.63, 3.8) is 0 Å². The van der Waals surface area contributed by atoms with Crippen LogP contribution in [-0.4, -0.2) is 35.0 Å². The second-order valence-corrected chi connectivity index (χ2v) is 6.81. The molecule has 27 heavy (non-hydrogen) atoms. The van der Waals surface area contributed by atoms with E-state index in [4.69, 9.17) is 10.3 Å². The first-order chi connectivity index (χ1) is 13.1. The van der Waals surface area contributed by atoms with Gasteiger partial charge < -0.3 is 20.5 Å². The highest BCUT2D eigenvalue weighted by Gasteiger charge is 2.24. The van der Waals surface area contributed by atoms with E-state index in [1.165, 1.54) is 0 Å². The lowest BCUT2D eigenvalue weighted by atomic mass is 9.97. The zero-order valence-electron chi connectivity index (χ0n) is 15.5. The number of hydrogen-bond donors (Lipinski definition) is 2. The molecule has 0 radical (unpaired) electrons. The van der Waals surface area contributed by atoms with Crippen LogP contribution in [0.15, 0.2) is 28.9 Å². The van der Waals surface area contributed by atoms with Gasteiger partial charge in [-0.3, -0.25) is 9.59 Å². The molecule has 1 aliphatic rings. The maximum absolute atomic E-state index is 12.3. The van der Waals surface area contributed by atoms with E-state index in [0.717, 1.165) is 43.7 Å². The van der Waals surface area contributed by atoms with Gasteiger partial charge in [0.1, 0.15) is 5.82 Å². The number of nitrogens with one attached hydrogen (secondary N) is 1. The molecule has 0 saturated carbocycles. The Morgan fingerprint density at radius 3 is 2.96 bits per heavy atom. The van der Waals surface area contributed by atoms with Gasteiger partial charge in [-0.25, -0.2) is 4.98 Å². The van der Waals surface area contributed by atoms with Crippen LogP contribution < -0.4 is 16.0 Å². The zero-order valence-corrected chi connectivity index (χ0v) is 15.5. The van der Waals surface area contributed by atoms with E-state index in [9.17, 15) is 9.59 Å². The van der Waals surface area contributed by atoms with Crippen LogP contribution in [0.1, 0.15) is 48.0 Å². The number of pyridine rings is 1. The number of nitrogens with zero attached hydrogens (tertiary/aromatic N) is 3. The van der Waals surface area contributed by atoms with Crippen LogP contribution in [0.4, 0.5) is 5.82 Å². The predicted molar refractivity (Wildman–Crippen MR) is 100 cm³/mol. The van der Waals surface area contributed by atoms with Crippen molar-refractivity contribution in [2.75, 3.05) is 18.0 Å². The third-order valence-corrected chi connectivity index (χ3v) is 4.69. The molecular weight excluding hydrogens is 346 g/mol. The summed E-state index contributed by atoms with van der Waals surface area (Å²) in [7, 11) is 0. The van der Waals surface area contributed by atoms with Crippen LogP contribution in [0.2, 0.25) is 0 Å². The van der Waals surface area contributed by atoms with Gasteiger partial charge in [0.15, 0.2) is 5.76 Å². The molecule has 2 aromatic heterocycles. The van der Waals surface area contributed by atoms with Crippen LogP contribution >= 0.6 is 0 Å². The molecule has 1 atom stereocenters. The molecule has 0 bridgehead atoms. The molecule has 0 aliphatic carbocycles. The Morgan fingerprint density at radius 1 is 1.41 bits per heavy atom. The molecule has 0 aromatic carbocycles. The lowest BCUT2D eigenvalue weighted by Crippen LogP contribution is -2.41. The van der Waals surface area contributed by atoms with E-state index < -0.39 is 0 Å². The Morgan fingerprint density at radius 2 is 2.26 bits per heavy atom. The van der Waals surface area contributed by atoms with E-state index in [2.05, 4.69) is 22.4 Å². The van der Waals surface area contributed by atoms with Crippen molar-refractivity contribution < 1.29 is 14.1 Å². The Bertz CT molecular complexity index is 787. The fraction of sp³-hybridized carbons (Fsp3) is 0.474. The van der Waals surface area contributed by atoms with Gasteiger partial charge in [0.25, 0.3) is 5.91 Å². The first-order valence-corrected chi connectivity index (χ1v) is 9.29. The Balaban J connectivity index is 1.56. The predicted octanol–water partition coefficient (Wildman–Crippen LogP) is 1.65. The summed E-state index contributed by atoms with van der Waals surface area (Å²) in [5.74, 6) is 0.725. The summed E-state index contributed by atoms with van der Waals surface area (Å²) in [6.07, 6.45) is 5.10. The monoisotopic (exact) mass is 371 g/mol. The third kappa shape index (κ3) is 4.84. The number of hydrogen-bond acceptors (Lipinski definition) is 6. The number of primary amides is 1. The molecule has 1 aliphatic heterocycles. The summed E-state index contributed by atoms with van der Waals surface area (Å²) in [4.78, 5) is 30.1. The SMILES string of the molecule is CCCc1cc(CNC(=O)c2ccc(N3CCC[C@@H](C(N)=O)C3)nc2)on1. The van der Waals surface area contributed by atoms with E-state index in [0.29, 0.717) is 17.9 Å². The summed E-state index contributed by atoms with van der Waals surface area (Å²) >= 11 is 0. The van der Waals surface area contributed by atoms with Gasteiger partial charge in [0, 0.05) is 25.4 Å². The second kappa shape index (κ2) is 8.66. The first kappa shape index (κ1) is 18.9. The molecule has 3 rings (SSSR count). The highest BCUT2D eigenvalue weighted by Crippen LogP contribution is 2.21. The van der Waals surface area contributed by atoms with Crippen LogP contribution in [0.5, 0.6) is 0 Å². The topological polar surface area (TPSA) is 114 Å². The second-order valence-electron chi connectivity index (χ2n) is 6.81. The molecule has 2 aromatic rings. The number of aryl methyl sites for hydroxylation is 1. The molecule has 0 spiro atoms. The van der Waals surface area contributed by atoms with Gasteiger partial charge in [-0.15, -0.1) is 0 Å². The third-order valence-electron chi connectivity index (χ3n) is 4.69. The van der Waals surface area contributed by atoms with Crippen LogP contribution in [-0.2, 0) is 17.8 Å². The van der Waals surface area contributed by atoms with Crippen molar-refractivity contribution >= 4 is 17.6 Å². The summed E-state index contributed by atoms with van der Waals surface area (Å²) in [5.41, 5.74) is 6.78. The van der Waals surface area contributed by atoms with E-state index in [-0.39, 0.29) is 24.3 Å². The van der Waals surface area contributed by atoms with Crippen LogP contribution in [0, 0.1) is 5.92 Å². The van der Waals surface area contributed by atoms with Crippen molar-refractivity contribution in [1.29, 1.82) is 0 Å². The standard InChI is InChI=1S/C19H25N5O3/c1-2-4-15-9-16(27-23-15)11-22-19(26)13-6-7-17(21-10-13)24-8-3-5-14(12-24)18(20)25/h6-7,9-10,14H,2-5,8,11-12H2,1H3,(H2,20,25)(H,22,26)/t14-/m1/s1. The van der Waals surface area contributed by atoms with Gasteiger partial charge in [-0.2, -0.15) is 0 Å². The van der Waals surface area contributed by atoms with Crippen LogP contribution in [0.25, 0.3) is 0 Å². The minimum atomic E-state index is -0.273. The van der Waals surface area contributed by atoms with Crippen molar-refractivity contribution in [3.8, 4) is 0 Å². The molecule has 1 fully saturated rings. The van der Waals surface area contributed by atoms with Gasteiger partial charge in [-0.1, -0.05) is 18.5 Å². The number of nitrogens with two attached hydrogens (primary N) is 1. The molecule has 1 saturated heterocycles. The number of anilines is 1. The van der Waals surface area contributed by atoms with Gasteiger partial charge in [0.2, 0.25) is 5.91 Å². The van der Waals surface area contributed by atoms with Crippen molar-refractivity contribution in [2.24, 2.45) is 11.7 Å². The van der Waals surface area contributed by atoms with Crippen molar-refractivity contribution in [2.45, 2.75) is 39.2 Å². The Labute approximate surface area is 158 Å². The zero-order chi connectivity index (χ0) is 19.2. The highest BCUT2D eigenvalue weighted by atomic mass is 16.5. The minimum Gasteiger partial charge on any atom is -0.369 e. The fourth-order valence-corrected chi connectivity index (χ4v) is 3.21. The average Bonchev–Trinajstić information content (AvgIpc) is 3.14. The normalized spacial score (nSPS) is 16.9. The number of aromatic nitrogens is 2. The molecule has 3 N–H and O–H groups in total. The lowest BCUT2D eigenvalue weighted by Gasteiger charge is -2.32. The van der Waals surface area contributed by atoms with Crippen molar-refractivity contribution in [1.82, 2.24) is 15.5 Å². The number of amides is 2. The number of carbonyl (C=O) groups excluding carboxylic acids is 2. The molecule has 3 heterocycles. The number of carbonyl (C=O) groups is 2. The summed E-state index contributed by atoms with van der Waals surface area (Å²) < 4.78 is 5.21. The maximum atomic E-state index is 12.3. The Kier molecular flexibility index (Phi) is 6.05. The summed E-state index contributed by atoms with van der Waals surface area (Å²) in [6, 6.07) is 5.39. The molecule has 0 unspecified atom stereocenters. The number of piperidine rings is 1. The van der Waals surface area contributed by atoms with Crippen LogP contribution in [0.3, 0.4) is 0 Å². The minimum absolute atomic E-state index is 0.150. The molecule has 8 heteroatoms. The number of rotatable bonds is 7. The molecular formula is C19H25N5O3. The maximum Gasteiger partial charge on any atom is 0.253 e. The smallest absolute Gasteiger partial charge is 0.253 e. The van der Waals surface area contributed by atoms with Gasteiger partial charge in [-0.05, 0) is 31.4 Å². The lowest BCUT2D eigenvalue weighted by molar-refractivity contribution is -0.122.